The van der Waals surface area contributed by atoms with Crippen LogP contribution in [0.15, 0.2) is 25.3 Å². The van der Waals surface area contributed by atoms with Crippen molar-refractivity contribution in [2.75, 3.05) is 40.6 Å². The molecule has 0 N–H and O–H groups in total. The minimum Gasteiger partial charge on any atom is -0.468 e. The third-order valence-corrected chi connectivity index (χ3v) is 9.16. The third-order valence-electron chi connectivity index (χ3n) is 3.85. The number of rotatable bonds is 12. The van der Waals surface area contributed by atoms with Gasteiger partial charge in [-0.15, -0.1) is 13.2 Å². The zero-order chi connectivity index (χ0) is 21.4. The maximum Gasteiger partial charge on any atom is 0.323 e. The van der Waals surface area contributed by atoms with Crippen molar-refractivity contribution in [1.82, 2.24) is 9.34 Å². The molecule has 0 aromatic heterocycles. The summed E-state index contributed by atoms with van der Waals surface area (Å²) in [6.07, 6.45) is 2.89. The molecule has 0 aromatic carbocycles. The lowest BCUT2D eigenvalue weighted by Gasteiger charge is -2.37. The maximum absolute atomic E-state index is 13.3. The molecule has 0 spiro atoms. The van der Waals surface area contributed by atoms with Crippen LogP contribution in [0.4, 0.5) is 0 Å². The van der Waals surface area contributed by atoms with Crippen molar-refractivity contribution >= 4 is 27.0 Å². The number of hydrogen-bond donors (Lipinski definition) is 0. The lowest BCUT2D eigenvalue weighted by molar-refractivity contribution is -0.145. The first-order valence-corrected chi connectivity index (χ1v) is 12.2. The van der Waals surface area contributed by atoms with Gasteiger partial charge in [0.25, 0.3) is 15.0 Å². The molecule has 0 aromatic rings. The highest BCUT2D eigenvalue weighted by molar-refractivity contribution is 7.69. The smallest absolute Gasteiger partial charge is 0.323 e. The number of ether oxygens (including phenoxy) is 2. The number of hydrogen-bond acceptors (Lipinski definition) is 7. The van der Waals surface area contributed by atoms with Gasteiger partial charge < -0.3 is 9.47 Å². The Hall–Kier alpha value is -1.24. The van der Waals surface area contributed by atoms with Crippen molar-refractivity contribution < 1.29 is 32.5 Å². The van der Waals surface area contributed by atoms with Gasteiger partial charge in [-0.25, -0.2) is 13.7 Å². The predicted molar refractivity (Wildman–Crippen MR) is 105 cm³/mol. The van der Waals surface area contributed by atoms with Gasteiger partial charge in [-0.05, 0) is 13.8 Å². The number of carbonyl (C=O) groups is 2. The van der Waals surface area contributed by atoms with E-state index >= 15 is 0 Å². The summed E-state index contributed by atoms with van der Waals surface area (Å²) in [4.78, 5) is 23.8. The molecule has 0 heterocycles. The van der Waals surface area contributed by atoms with Crippen LogP contribution in [0.1, 0.15) is 13.8 Å². The second-order valence-electron chi connectivity index (χ2n) is 5.91. The van der Waals surface area contributed by atoms with E-state index in [1.165, 1.54) is 62.9 Å². The quantitative estimate of drug-likeness (QED) is 0.266. The van der Waals surface area contributed by atoms with Gasteiger partial charge >= 0.3 is 11.9 Å². The number of methoxy groups -OCH3 is 2. The van der Waals surface area contributed by atoms with E-state index in [-0.39, 0.29) is 13.1 Å². The number of esters is 2. The molecule has 11 heteroatoms. The van der Waals surface area contributed by atoms with Crippen LogP contribution < -0.4 is 0 Å². The highest BCUT2D eigenvalue weighted by atomic mass is 31.2. The van der Waals surface area contributed by atoms with E-state index in [1.807, 2.05) is 0 Å². The predicted octanol–water partition coefficient (Wildman–Crippen LogP) is 2.75. The second kappa shape index (κ2) is 10.9. The minimum absolute atomic E-state index is 0.0397. The SMILES string of the molecule is C=CCN([C@@H](C)C(=O)OC)[P@](C)(=O)O[P@@](C)(=O)N(CC=C)[C@@H](C)C(=O)OC. The molecular formula is C16H30N2O7P2. The maximum atomic E-state index is 13.3. The minimum atomic E-state index is -3.75. The lowest BCUT2D eigenvalue weighted by atomic mass is 10.3. The molecule has 0 saturated carbocycles. The zero-order valence-corrected chi connectivity index (χ0v) is 18.6. The summed E-state index contributed by atoms with van der Waals surface area (Å²) in [6.45, 7) is 12.7. The van der Waals surface area contributed by atoms with Crippen molar-refractivity contribution in [2.45, 2.75) is 25.9 Å². The molecule has 0 fully saturated rings. The van der Waals surface area contributed by atoms with Crippen molar-refractivity contribution in [3.63, 3.8) is 0 Å². The monoisotopic (exact) mass is 424 g/mol. The highest BCUT2D eigenvalue weighted by Gasteiger charge is 2.42. The van der Waals surface area contributed by atoms with Crippen molar-refractivity contribution in [1.29, 1.82) is 0 Å². The average Bonchev–Trinajstić information content (AvgIpc) is 2.60. The van der Waals surface area contributed by atoms with Crippen LogP contribution in [-0.4, -0.2) is 74.0 Å². The Morgan fingerprint density at radius 2 is 1.19 bits per heavy atom. The molecule has 0 radical (unpaired) electrons. The van der Waals surface area contributed by atoms with E-state index in [0.717, 1.165) is 0 Å². The second-order valence-corrected chi connectivity index (χ2v) is 10.8. The van der Waals surface area contributed by atoms with Crippen molar-refractivity contribution in [2.24, 2.45) is 0 Å². The Morgan fingerprint density at radius 3 is 1.41 bits per heavy atom. The van der Waals surface area contributed by atoms with E-state index in [2.05, 4.69) is 22.6 Å². The zero-order valence-electron chi connectivity index (χ0n) is 16.8. The topological polar surface area (TPSA) is 102 Å². The van der Waals surface area contributed by atoms with Gasteiger partial charge in [-0.1, -0.05) is 12.2 Å². The van der Waals surface area contributed by atoms with Crippen LogP contribution in [0.25, 0.3) is 0 Å². The Bertz CT molecular complexity index is 599. The van der Waals surface area contributed by atoms with Crippen LogP contribution in [0.5, 0.6) is 0 Å². The molecule has 0 rings (SSSR count). The summed E-state index contributed by atoms with van der Waals surface area (Å²) in [7, 11) is -5.08. The molecule has 9 nitrogen and oxygen atoms in total. The normalized spacial score (nSPS) is 18.1. The van der Waals surface area contributed by atoms with E-state index in [4.69, 9.17) is 4.31 Å². The van der Waals surface area contributed by atoms with Gasteiger partial charge in [0.15, 0.2) is 0 Å². The van der Waals surface area contributed by atoms with Gasteiger partial charge in [0.1, 0.15) is 12.1 Å². The van der Waals surface area contributed by atoms with Crippen LogP contribution in [-0.2, 0) is 32.5 Å². The van der Waals surface area contributed by atoms with Gasteiger partial charge in [0, 0.05) is 26.4 Å². The van der Waals surface area contributed by atoms with E-state index < -0.39 is 39.1 Å². The van der Waals surface area contributed by atoms with Crippen molar-refractivity contribution in [3.8, 4) is 0 Å². The fraction of sp³-hybridized carbons (Fsp3) is 0.625. The fourth-order valence-electron chi connectivity index (χ4n) is 2.47. The van der Waals surface area contributed by atoms with Gasteiger partial charge in [0.05, 0.1) is 14.2 Å². The van der Waals surface area contributed by atoms with Crippen LogP contribution >= 0.6 is 15.0 Å². The van der Waals surface area contributed by atoms with Gasteiger partial charge in [0.2, 0.25) is 0 Å². The summed E-state index contributed by atoms with van der Waals surface area (Å²) >= 11 is 0. The molecule has 0 aliphatic rings. The Balaban J connectivity index is 5.84. The largest absolute Gasteiger partial charge is 0.468 e. The molecule has 27 heavy (non-hydrogen) atoms. The van der Waals surface area contributed by atoms with Crippen LogP contribution in [0, 0.1) is 0 Å². The van der Waals surface area contributed by atoms with Gasteiger partial charge in [-0.3, -0.25) is 18.7 Å². The van der Waals surface area contributed by atoms with Gasteiger partial charge in [-0.2, -0.15) is 0 Å². The molecule has 4 atom stereocenters. The number of nitrogens with zero attached hydrogens (tertiary/aromatic N) is 2. The van der Waals surface area contributed by atoms with E-state index in [0.29, 0.717) is 0 Å². The summed E-state index contributed by atoms with van der Waals surface area (Å²) in [5.41, 5.74) is 0. The fourth-order valence-corrected chi connectivity index (χ4v) is 7.74. The lowest BCUT2D eigenvalue weighted by Crippen LogP contribution is -2.40. The molecular weight excluding hydrogens is 394 g/mol. The molecule has 0 saturated heterocycles. The molecule has 0 aliphatic carbocycles. The Kier molecular flexibility index (Phi) is 10.4. The standard InChI is InChI=1S/C16H30N2O7P2/c1-9-11-17(13(3)15(19)23-5)26(7,21)25-27(8,22)18(12-10-2)14(4)16(20)24-6/h9-10,13-14H,1-2,11-12H2,3-8H3/t13-,14-,26+,27+/m0/s1. The summed E-state index contributed by atoms with van der Waals surface area (Å²) in [5, 5.41) is 0. The number of carbonyl (C=O) groups excluding carboxylic acids is 2. The first kappa shape index (κ1) is 25.8. The van der Waals surface area contributed by atoms with E-state index in [9.17, 15) is 18.7 Å². The Morgan fingerprint density at radius 1 is 0.889 bits per heavy atom. The van der Waals surface area contributed by atoms with Crippen LogP contribution in [0.3, 0.4) is 0 Å². The summed E-state index contributed by atoms with van der Waals surface area (Å²) in [6, 6.07) is -1.84. The third kappa shape index (κ3) is 7.01. The highest BCUT2D eigenvalue weighted by Crippen LogP contribution is 2.64. The molecule has 0 unspecified atom stereocenters. The average molecular weight is 424 g/mol. The first-order valence-electron chi connectivity index (χ1n) is 8.17. The molecule has 156 valence electrons. The molecule has 0 amide bonds. The summed E-state index contributed by atoms with van der Waals surface area (Å²) < 4.78 is 43.9. The Labute approximate surface area is 161 Å². The van der Waals surface area contributed by atoms with Crippen LogP contribution in [0.2, 0.25) is 0 Å². The van der Waals surface area contributed by atoms with Crippen molar-refractivity contribution in [3.05, 3.63) is 25.3 Å². The van der Waals surface area contributed by atoms with E-state index in [1.54, 1.807) is 0 Å². The molecule has 0 bridgehead atoms. The summed E-state index contributed by atoms with van der Waals surface area (Å²) in [5.74, 6) is -1.25. The molecule has 0 aliphatic heterocycles. The first-order chi connectivity index (χ1) is 12.4.